The second-order valence-corrected chi connectivity index (χ2v) is 6.43. The molecule has 3 nitrogen and oxygen atoms in total. The van der Waals surface area contributed by atoms with Crippen LogP contribution >= 0.6 is 0 Å². The molecule has 0 aromatic carbocycles. The zero-order valence-electron chi connectivity index (χ0n) is 11.6. The molecule has 3 atom stereocenters. The molecule has 2 fully saturated rings. The lowest BCUT2D eigenvalue weighted by molar-refractivity contribution is -0.309. The minimum absolute atomic E-state index is 0.0554. The quantitative estimate of drug-likeness (QED) is 0.715. The number of carboxylic acids is 1. The third kappa shape index (κ3) is 1.49. The minimum atomic E-state index is -1.08. The monoisotopic (exact) mass is 249 g/mol. The standard InChI is InChI=1S/C15H22O3/c1-5-9(13(17)18)8-10-11-6-7-15(4,12(10)16)14(11,2)3/h8-9,11H,5-7H2,1-4H3,(H,17,18)/p-1/b10-8+/t9-,11-,15+/m0/s1. The molecule has 18 heavy (non-hydrogen) atoms. The van der Waals surface area contributed by atoms with E-state index in [2.05, 4.69) is 13.8 Å². The molecule has 3 heteroatoms. The first-order valence-corrected chi connectivity index (χ1v) is 6.73. The van der Waals surface area contributed by atoms with Gasteiger partial charge in [0.15, 0.2) is 5.78 Å². The summed E-state index contributed by atoms with van der Waals surface area (Å²) in [6.45, 7) is 8.09. The van der Waals surface area contributed by atoms with Gasteiger partial charge in [-0.15, -0.1) is 0 Å². The van der Waals surface area contributed by atoms with Crippen LogP contribution < -0.4 is 5.11 Å². The molecule has 0 spiro atoms. The Bertz CT molecular complexity index is 433. The van der Waals surface area contributed by atoms with Crippen molar-refractivity contribution < 1.29 is 14.7 Å². The summed E-state index contributed by atoms with van der Waals surface area (Å²) in [5, 5.41) is 11.0. The van der Waals surface area contributed by atoms with Gasteiger partial charge in [-0.05, 0) is 36.2 Å². The molecule has 0 radical (unpaired) electrons. The van der Waals surface area contributed by atoms with Crippen molar-refractivity contribution in [1.29, 1.82) is 0 Å². The lowest BCUT2D eigenvalue weighted by Crippen LogP contribution is -2.33. The van der Waals surface area contributed by atoms with Crippen LogP contribution in [0.2, 0.25) is 0 Å². The van der Waals surface area contributed by atoms with Crippen LogP contribution in [0, 0.1) is 22.7 Å². The normalized spacial score (nSPS) is 37.2. The first-order chi connectivity index (χ1) is 8.25. The molecule has 0 amide bonds. The van der Waals surface area contributed by atoms with Crippen LogP contribution in [0.1, 0.15) is 47.0 Å². The van der Waals surface area contributed by atoms with Crippen molar-refractivity contribution in [2.24, 2.45) is 22.7 Å². The van der Waals surface area contributed by atoms with Crippen LogP contribution in [0.5, 0.6) is 0 Å². The summed E-state index contributed by atoms with van der Waals surface area (Å²) >= 11 is 0. The summed E-state index contributed by atoms with van der Waals surface area (Å²) < 4.78 is 0. The zero-order chi connectivity index (χ0) is 13.7. The number of aliphatic carboxylic acids is 1. The maximum absolute atomic E-state index is 12.5. The first kappa shape index (κ1) is 13.3. The maximum atomic E-state index is 12.5. The van der Waals surface area contributed by atoms with Crippen LogP contribution in [-0.4, -0.2) is 11.8 Å². The largest absolute Gasteiger partial charge is 0.550 e. The highest BCUT2D eigenvalue weighted by Gasteiger charge is 2.63. The summed E-state index contributed by atoms with van der Waals surface area (Å²) in [6, 6.07) is 0. The molecule has 0 saturated heterocycles. The Balaban J connectivity index is 2.41. The van der Waals surface area contributed by atoms with E-state index in [9.17, 15) is 14.7 Å². The van der Waals surface area contributed by atoms with E-state index in [-0.39, 0.29) is 22.5 Å². The number of carboxylic acid groups (broad SMARTS) is 1. The van der Waals surface area contributed by atoms with Crippen LogP contribution in [0.15, 0.2) is 11.6 Å². The smallest absolute Gasteiger partial charge is 0.165 e. The highest BCUT2D eigenvalue weighted by Crippen LogP contribution is 2.65. The van der Waals surface area contributed by atoms with Gasteiger partial charge in [-0.2, -0.15) is 0 Å². The van der Waals surface area contributed by atoms with Gasteiger partial charge in [-0.1, -0.05) is 33.8 Å². The van der Waals surface area contributed by atoms with Crippen LogP contribution in [-0.2, 0) is 9.59 Å². The Morgan fingerprint density at radius 2 is 2.11 bits per heavy atom. The Morgan fingerprint density at radius 3 is 2.50 bits per heavy atom. The van der Waals surface area contributed by atoms with Gasteiger partial charge in [0.1, 0.15) is 0 Å². The Morgan fingerprint density at radius 1 is 1.50 bits per heavy atom. The number of ketones is 1. The second kappa shape index (κ2) is 3.94. The summed E-state index contributed by atoms with van der Waals surface area (Å²) in [6.07, 6.45) is 4.05. The van der Waals surface area contributed by atoms with Crippen molar-refractivity contribution in [3.05, 3.63) is 11.6 Å². The van der Waals surface area contributed by atoms with Crippen molar-refractivity contribution in [2.45, 2.75) is 47.0 Å². The first-order valence-electron chi connectivity index (χ1n) is 6.73. The molecule has 2 bridgehead atoms. The lowest BCUT2D eigenvalue weighted by Gasteiger charge is -2.31. The number of carbonyl (C=O) groups excluding carboxylic acids is 2. The molecule has 0 aromatic rings. The molecular weight excluding hydrogens is 228 g/mol. The van der Waals surface area contributed by atoms with E-state index in [1.807, 2.05) is 13.8 Å². The van der Waals surface area contributed by atoms with E-state index in [0.29, 0.717) is 6.42 Å². The molecule has 2 aliphatic carbocycles. The fourth-order valence-corrected chi connectivity index (χ4v) is 3.69. The molecular formula is C15H21O3-. The predicted molar refractivity (Wildman–Crippen MR) is 66.5 cm³/mol. The highest BCUT2D eigenvalue weighted by atomic mass is 16.4. The summed E-state index contributed by atoms with van der Waals surface area (Å²) in [5.41, 5.74) is 0.373. The molecule has 0 aliphatic heterocycles. The SMILES string of the molecule is CC[C@@H](/C=C1/C(=O)[C@@]2(C)CC[C@@H]1C2(C)C)C(=O)[O-]. The summed E-state index contributed by atoms with van der Waals surface area (Å²) in [4.78, 5) is 23.5. The molecule has 0 aromatic heterocycles. The van der Waals surface area contributed by atoms with Crippen molar-refractivity contribution >= 4 is 11.8 Å². The summed E-state index contributed by atoms with van der Waals surface area (Å²) in [5.74, 6) is -1.35. The number of Topliss-reactive ketones (excluding diaryl/α,β-unsaturated/α-hetero) is 1. The Kier molecular flexibility index (Phi) is 2.91. The third-order valence-electron chi connectivity index (χ3n) is 5.49. The number of allylic oxidation sites excluding steroid dienone is 1. The fourth-order valence-electron chi connectivity index (χ4n) is 3.69. The average molecular weight is 249 g/mol. The zero-order valence-corrected chi connectivity index (χ0v) is 11.6. The topological polar surface area (TPSA) is 57.2 Å². The number of carbonyl (C=O) groups is 2. The van der Waals surface area contributed by atoms with Crippen molar-refractivity contribution in [3.8, 4) is 0 Å². The van der Waals surface area contributed by atoms with E-state index in [4.69, 9.17) is 0 Å². The van der Waals surface area contributed by atoms with Gasteiger partial charge in [-0.25, -0.2) is 0 Å². The van der Waals surface area contributed by atoms with E-state index in [1.54, 1.807) is 6.08 Å². The predicted octanol–water partition coefficient (Wildman–Crippen LogP) is 1.71. The molecule has 0 heterocycles. The van der Waals surface area contributed by atoms with Crippen LogP contribution in [0.3, 0.4) is 0 Å². The van der Waals surface area contributed by atoms with E-state index in [0.717, 1.165) is 18.4 Å². The van der Waals surface area contributed by atoms with Crippen molar-refractivity contribution in [3.63, 3.8) is 0 Å². The van der Waals surface area contributed by atoms with Crippen molar-refractivity contribution in [1.82, 2.24) is 0 Å². The minimum Gasteiger partial charge on any atom is -0.550 e. The van der Waals surface area contributed by atoms with Gasteiger partial charge in [0.25, 0.3) is 0 Å². The molecule has 100 valence electrons. The molecule has 2 rings (SSSR count). The number of fused-ring (bicyclic) bond motifs is 2. The Hall–Kier alpha value is -1.12. The van der Waals surface area contributed by atoms with Gasteiger partial charge in [0, 0.05) is 17.3 Å². The Labute approximate surface area is 108 Å². The number of hydrogen-bond acceptors (Lipinski definition) is 3. The fraction of sp³-hybridized carbons (Fsp3) is 0.733. The average Bonchev–Trinajstić information content (AvgIpc) is 2.59. The van der Waals surface area contributed by atoms with Crippen LogP contribution in [0.4, 0.5) is 0 Å². The second-order valence-electron chi connectivity index (χ2n) is 6.43. The van der Waals surface area contributed by atoms with Gasteiger partial charge in [0.2, 0.25) is 0 Å². The van der Waals surface area contributed by atoms with E-state index < -0.39 is 11.9 Å². The number of hydrogen-bond donors (Lipinski definition) is 0. The maximum Gasteiger partial charge on any atom is 0.165 e. The van der Waals surface area contributed by atoms with Gasteiger partial charge in [0.05, 0.1) is 0 Å². The van der Waals surface area contributed by atoms with Gasteiger partial charge in [-0.3, -0.25) is 4.79 Å². The molecule has 0 unspecified atom stereocenters. The lowest BCUT2D eigenvalue weighted by atomic mass is 9.70. The van der Waals surface area contributed by atoms with Gasteiger partial charge < -0.3 is 9.90 Å². The third-order valence-corrected chi connectivity index (χ3v) is 5.49. The van der Waals surface area contributed by atoms with Crippen LogP contribution in [0.25, 0.3) is 0 Å². The highest BCUT2D eigenvalue weighted by molar-refractivity contribution is 6.05. The molecule has 0 N–H and O–H groups in total. The summed E-state index contributed by atoms with van der Waals surface area (Å²) in [7, 11) is 0. The van der Waals surface area contributed by atoms with Crippen molar-refractivity contribution in [2.75, 3.05) is 0 Å². The molecule has 2 saturated carbocycles. The van der Waals surface area contributed by atoms with E-state index in [1.165, 1.54) is 0 Å². The molecule has 2 aliphatic rings. The van der Waals surface area contributed by atoms with Gasteiger partial charge >= 0.3 is 0 Å². The number of rotatable bonds is 3. The van der Waals surface area contributed by atoms with E-state index >= 15 is 0 Å².